The topological polar surface area (TPSA) is 39.1 Å². The van der Waals surface area contributed by atoms with E-state index in [1.54, 1.807) is 30.3 Å². The second-order valence-corrected chi connectivity index (χ2v) is 6.98. The molecule has 3 nitrogen and oxygen atoms in total. The number of hydrogen-bond acceptors (Lipinski definition) is 2. The molecule has 0 amide bonds. The molecule has 0 atom stereocenters. The van der Waals surface area contributed by atoms with Gasteiger partial charge in [-0.3, -0.25) is 9.59 Å². The van der Waals surface area contributed by atoms with Crippen LogP contribution in [0, 0.1) is 0 Å². The van der Waals surface area contributed by atoms with E-state index in [2.05, 4.69) is 22.8 Å². The fourth-order valence-corrected chi connectivity index (χ4v) is 3.86. The van der Waals surface area contributed by atoms with Gasteiger partial charge in [-0.15, -0.1) is 0 Å². The predicted octanol–water partition coefficient (Wildman–Crippen LogP) is 5.15. The summed E-state index contributed by atoms with van der Waals surface area (Å²) in [6.07, 6.45) is 3.77. The molecule has 4 aromatic rings. The van der Waals surface area contributed by atoms with Crippen LogP contribution >= 0.6 is 0 Å². The molecule has 3 aromatic carbocycles. The number of para-hydroxylation sites is 1. The van der Waals surface area contributed by atoms with Crippen LogP contribution in [-0.4, -0.2) is 16.1 Å². The van der Waals surface area contributed by atoms with Gasteiger partial charge in [0.25, 0.3) is 0 Å². The first kappa shape index (κ1) is 16.5. The zero-order chi connectivity index (χ0) is 19.1. The number of aromatic nitrogens is 1. The van der Waals surface area contributed by atoms with E-state index >= 15 is 0 Å². The van der Waals surface area contributed by atoms with E-state index in [9.17, 15) is 9.59 Å². The fraction of sp³-hybridized carbons (Fsp3) is 0.0400. The van der Waals surface area contributed by atoms with E-state index in [1.165, 1.54) is 5.56 Å². The summed E-state index contributed by atoms with van der Waals surface area (Å²) in [7, 11) is 0. The summed E-state index contributed by atoms with van der Waals surface area (Å²) < 4.78 is 2.16. The Morgan fingerprint density at radius 1 is 0.714 bits per heavy atom. The number of benzene rings is 3. The Labute approximate surface area is 162 Å². The van der Waals surface area contributed by atoms with Crippen LogP contribution in [0.25, 0.3) is 17.0 Å². The smallest absolute Gasteiger partial charge is 0.197 e. The molecule has 0 fully saturated rings. The molecular weight excluding hydrogens is 346 g/mol. The van der Waals surface area contributed by atoms with E-state index in [-0.39, 0.29) is 17.1 Å². The first-order valence-corrected chi connectivity index (χ1v) is 9.24. The van der Waals surface area contributed by atoms with Crippen LogP contribution in [0.4, 0.5) is 0 Å². The van der Waals surface area contributed by atoms with E-state index in [0.29, 0.717) is 11.1 Å². The average molecular weight is 363 g/mol. The van der Waals surface area contributed by atoms with Gasteiger partial charge in [0, 0.05) is 40.3 Å². The molecule has 0 radical (unpaired) electrons. The maximum absolute atomic E-state index is 12.7. The second-order valence-electron chi connectivity index (χ2n) is 6.98. The third-order valence-electron chi connectivity index (χ3n) is 5.22. The minimum Gasteiger partial charge on any atom is -0.342 e. The highest BCUT2D eigenvalue weighted by atomic mass is 16.2. The molecule has 0 spiro atoms. The quantitative estimate of drug-likeness (QED) is 0.373. The second kappa shape index (κ2) is 6.46. The molecule has 0 unspecified atom stereocenters. The molecule has 28 heavy (non-hydrogen) atoms. The molecule has 0 aliphatic heterocycles. The molecule has 0 saturated carbocycles. The Hall–Kier alpha value is -3.72. The van der Waals surface area contributed by atoms with Crippen molar-refractivity contribution in [2.45, 2.75) is 6.54 Å². The number of carbonyl (C=O) groups excluding carboxylic acids is 2. The summed E-state index contributed by atoms with van der Waals surface area (Å²) in [6, 6.07) is 25.3. The predicted molar refractivity (Wildman–Crippen MR) is 111 cm³/mol. The van der Waals surface area contributed by atoms with Gasteiger partial charge in [-0.05, 0) is 17.7 Å². The van der Waals surface area contributed by atoms with Gasteiger partial charge in [0.1, 0.15) is 0 Å². The van der Waals surface area contributed by atoms with Crippen LogP contribution in [0.3, 0.4) is 0 Å². The van der Waals surface area contributed by atoms with Crippen molar-refractivity contribution in [2.24, 2.45) is 0 Å². The van der Waals surface area contributed by atoms with Gasteiger partial charge in [-0.2, -0.15) is 0 Å². The van der Waals surface area contributed by atoms with Crippen LogP contribution in [0.15, 0.2) is 90.6 Å². The van der Waals surface area contributed by atoms with Crippen molar-refractivity contribution in [3.63, 3.8) is 0 Å². The summed E-state index contributed by atoms with van der Waals surface area (Å²) in [4.78, 5) is 25.5. The number of hydrogen-bond donors (Lipinski definition) is 0. The Kier molecular flexibility index (Phi) is 3.80. The minimum absolute atomic E-state index is 0.194. The molecule has 1 aliphatic carbocycles. The number of fused-ring (bicyclic) bond motifs is 2. The first-order chi connectivity index (χ1) is 13.7. The van der Waals surface area contributed by atoms with Crippen molar-refractivity contribution in [2.75, 3.05) is 0 Å². The van der Waals surface area contributed by atoms with Gasteiger partial charge in [0.2, 0.25) is 0 Å². The summed E-state index contributed by atoms with van der Waals surface area (Å²) in [6.45, 7) is 0.729. The third-order valence-corrected chi connectivity index (χ3v) is 5.22. The number of nitrogens with zero attached hydrogens (tertiary/aromatic N) is 1. The molecule has 1 aliphatic rings. The van der Waals surface area contributed by atoms with Crippen molar-refractivity contribution < 1.29 is 9.59 Å². The van der Waals surface area contributed by atoms with Gasteiger partial charge in [-0.25, -0.2) is 0 Å². The molecule has 1 heterocycles. The van der Waals surface area contributed by atoms with Crippen LogP contribution in [0.2, 0.25) is 0 Å². The zero-order valence-electron chi connectivity index (χ0n) is 15.1. The monoisotopic (exact) mass is 363 g/mol. The minimum atomic E-state index is -0.194. The number of ketones is 2. The first-order valence-electron chi connectivity index (χ1n) is 9.24. The van der Waals surface area contributed by atoms with E-state index in [1.807, 2.05) is 42.6 Å². The van der Waals surface area contributed by atoms with E-state index in [0.717, 1.165) is 23.0 Å². The van der Waals surface area contributed by atoms with E-state index < -0.39 is 0 Å². The largest absolute Gasteiger partial charge is 0.342 e. The van der Waals surface area contributed by atoms with Crippen LogP contribution in [-0.2, 0) is 6.54 Å². The van der Waals surface area contributed by atoms with Crippen LogP contribution < -0.4 is 0 Å². The fourth-order valence-electron chi connectivity index (χ4n) is 3.86. The van der Waals surface area contributed by atoms with Gasteiger partial charge < -0.3 is 4.57 Å². The van der Waals surface area contributed by atoms with Gasteiger partial charge in [-0.1, -0.05) is 72.8 Å². The average Bonchev–Trinajstić information content (AvgIpc) is 3.20. The Bertz CT molecular complexity index is 1230. The highest BCUT2D eigenvalue weighted by molar-refractivity contribution is 6.41. The van der Waals surface area contributed by atoms with Crippen LogP contribution in [0.5, 0.6) is 0 Å². The SMILES string of the molecule is O=C1C(=Cc2cn(Cc3ccccc3)c3ccccc23)C(=O)c2ccccc21. The number of rotatable bonds is 3. The zero-order valence-corrected chi connectivity index (χ0v) is 15.1. The number of allylic oxidation sites excluding steroid dienone is 1. The highest BCUT2D eigenvalue weighted by Crippen LogP contribution is 2.30. The summed E-state index contributed by atoms with van der Waals surface area (Å²) in [5.74, 6) is -0.388. The third kappa shape index (κ3) is 2.60. The summed E-state index contributed by atoms with van der Waals surface area (Å²) in [5.41, 5.74) is 4.38. The lowest BCUT2D eigenvalue weighted by molar-refractivity contribution is 0.0990. The van der Waals surface area contributed by atoms with E-state index in [4.69, 9.17) is 0 Å². The van der Waals surface area contributed by atoms with Gasteiger partial charge >= 0.3 is 0 Å². The Morgan fingerprint density at radius 3 is 2.04 bits per heavy atom. The molecule has 3 heteroatoms. The van der Waals surface area contributed by atoms with Crippen molar-refractivity contribution in [1.29, 1.82) is 0 Å². The van der Waals surface area contributed by atoms with Crippen molar-refractivity contribution >= 4 is 28.5 Å². The van der Waals surface area contributed by atoms with Crippen molar-refractivity contribution in [3.8, 4) is 0 Å². The van der Waals surface area contributed by atoms with Gasteiger partial charge in [0.15, 0.2) is 11.6 Å². The normalized spacial score (nSPS) is 13.2. The molecule has 0 bridgehead atoms. The molecule has 134 valence electrons. The Morgan fingerprint density at radius 2 is 1.32 bits per heavy atom. The van der Waals surface area contributed by atoms with Crippen LogP contribution in [0.1, 0.15) is 31.8 Å². The number of Topliss-reactive ketones (excluding diaryl/α,β-unsaturated/α-hetero) is 2. The summed E-state index contributed by atoms with van der Waals surface area (Å²) >= 11 is 0. The molecule has 0 saturated heterocycles. The molecule has 1 aromatic heterocycles. The lowest BCUT2D eigenvalue weighted by Crippen LogP contribution is -2.00. The summed E-state index contributed by atoms with van der Waals surface area (Å²) in [5, 5.41) is 1.03. The highest BCUT2D eigenvalue weighted by Gasteiger charge is 2.32. The molecular formula is C25H17NO2. The Balaban J connectivity index is 1.62. The standard InChI is InChI=1S/C25H17NO2/c27-24-20-11-4-5-12-21(20)25(28)22(24)14-18-16-26(15-17-8-2-1-3-9-17)23-13-7-6-10-19(18)23/h1-14,16H,15H2. The van der Waals surface area contributed by atoms with Crippen molar-refractivity contribution in [3.05, 3.63) is 113 Å². The maximum Gasteiger partial charge on any atom is 0.197 e. The molecule has 5 rings (SSSR count). The number of carbonyl (C=O) groups is 2. The van der Waals surface area contributed by atoms with Gasteiger partial charge in [0.05, 0.1) is 5.57 Å². The molecule has 0 N–H and O–H groups in total. The maximum atomic E-state index is 12.7. The lowest BCUT2D eigenvalue weighted by atomic mass is 10.1. The van der Waals surface area contributed by atoms with Crippen molar-refractivity contribution in [1.82, 2.24) is 4.57 Å². The lowest BCUT2D eigenvalue weighted by Gasteiger charge is -2.05.